The lowest BCUT2D eigenvalue weighted by Crippen LogP contribution is -2.39. The summed E-state index contributed by atoms with van der Waals surface area (Å²) in [7, 11) is 0. The number of ether oxygens (including phenoxy) is 3. The molecule has 0 spiro atoms. The summed E-state index contributed by atoms with van der Waals surface area (Å²) in [6, 6.07) is 8.17. The van der Waals surface area contributed by atoms with Crippen LogP contribution in [0.1, 0.15) is 25.8 Å². The minimum atomic E-state index is -0.671. The molecule has 0 aliphatic carbocycles. The van der Waals surface area contributed by atoms with Gasteiger partial charge in [0.05, 0.1) is 18.6 Å². The van der Waals surface area contributed by atoms with Crippen molar-refractivity contribution in [3.8, 4) is 0 Å². The van der Waals surface area contributed by atoms with Gasteiger partial charge in [-0.05, 0) is 31.9 Å². The highest BCUT2D eigenvalue weighted by molar-refractivity contribution is 5.83. The van der Waals surface area contributed by atoms with Crippen LogP contribution in [0.3, 0.4) is 0 Å². The smallest absolute Gasteiger partial charge is 0.222 e. The van der Waals surface area contributed by atoms with Crippen LogP contribution in [0.15, 0.2) is 30.5 Å². The van der Waals surface area contributed by atoms with E-state index in [2.05, 4.69) is 27.8 Å². The number of aromatic nitrogens is 1. The number of aromatic amines is 1. The Labute approximate surface area is 176 Å². The second-order valence-corrected chi connectivity index (χ2v) is 8.43. The molecule has 30 heavy (non-hydrogen) atoms. The fourth-order valence-electron chi connectivity index (χ4n) is 4.38. The molecular weight excluding hydrogens is 384 g/mol. The van der Waals surface area contributed by atoms with Crippen molar-refractivity contribution in [3.63, 3.8) is 0 Å². The van der Waals surface area contributed by atoms with Crippen molar-refractivity contribution in [1.29, 1.82) is 0 Å². The van der Waals surface area contributed by atoms with E-state index in [0.29, 0.717) is 26.2 Å². The quantitative estimate of drug-likeness (QED) is 0.455. The molecule has 2 aliphatic heterocycles. The molecule has 0 bridgehead atoms. The first kappa shape index (κ1) is 21.3. The van der Waals surface area contributed by atoms with Gasteiger partial charge in [0.2, 0.25) is 5.91 Å². The molecule has 0 radical (unpaired) electrons. The van der Waals surface area contributed by atoms with E-state index >= 15 is 0 Å². The standard InChI is InChI=1S/C22H32N4O4/c1-22(2)29-20-17(28-18(21(20)30-22)13-24-10-8-23)11-19(27)25-9-7-14-12-26-16-6-4-3-5-15(14)16/h3-6,12,17-18,20-21,24,26H,7-11,13,23H2,1-2H3,(H,25,27)/t17-,18+,20+,21-/m1/s1. The number of amides is 1. The lowest BCUT2D eigenvalue weighted by Gasteiger charge is -2.24. The number of hydrogen-bond acceptors (Lipinski definition) is 6. The summed E-state index contributed by atoms with van der Waals surface area (Å²) in [4.78, 5) is 15.8. The van der Waals surface area contributed by atoms with E-state index in [1.54, 1.807) is 0 Å². The summed E-state index contributed by atoms with van der Waals surface area (Å²) in [5.41, 5.74) is 7.86. The first-order valence-electron chi connectivity index (χ1n) is 10.7. The first-order chi connectivity index (χ1) is 14.5. The summed E-state index contributed by atoms with van der Waals surface area (Å²) in [5, 5.41) is 7.48. The third kappa shape index (κ3) is 4.68. The Morgan fingerprint density at radius 2 is 1.93 bits per heavy atom. The summed E-state index contributed by atoms with van der Waals surface area (Å²) in [6.45, 7) is 6.26. The van der Waals surface area contributed by atoms with E-state index in [1.165, 1.54) is 10.9 Å². The molecule has 4 atom stereocenters. The van der Waals surface area contributed by atoms with Gasteiger partial charge >= 0.3 is 0 Å². The Balaban J connectivity index is 1.29. The highest BCUT2D eigenvalue weighted by Gasteiger charge is 2.55. The number of para-hydroxylation sites is 1. The molecule has 2 saturated heterocycles. The van der Waals surface area contributed by atoms with Gasteiger partial charge in [-0.15, -0.1) is 0 Å². The Bertz CT molecular complexity index is 868. The molecule has 2 aromatic rings. The number of carbonyl (C=O) groups excluding carboxylic acids is 1. The minimum Gasteiger partial charge on any atom is -0.367 e. The van der Waals surface area contributed by atoms with Crippen LogP contribution in [0.25, 0.3) is 10.9 Å². The Morgan fingerprint density at radius 3 is 2.73 bits per heavy atom. The second kappa shape index (κ2) is 9.03. The lowest BCUT2D eigenvalue weighted by molar-refractivity contribution is -0.187. The average Bonchev–Trinajstić information content (AvgIpc) is 3.35. The summed E-state index contributed by atoms with van der Waals surface area (Å²) >= 11 is 0. The summed E-state index contributed by atoms with van der Waals surface area (Å²) < 4.78 is 18.2. The Hall–Kier alpha value is -1.97. The van der Waals surface area contributed by atoms with Crippen LogP contribution in [0.4, 0.5) is 0 Å². The lowest BCUT2D eigenvalue weighted by atomic mass is 10.1. The summed E-state index contributed by atoms with van der Waals surface area (Å²) in [6.07, 6.45) is 2.11. The van der Waals surface area contributed by atoms with Crippen molar-refractivity contribution in [2.24, 2.45) is 5.73 Å². The van der Waals surface area contributed by atoms with Gasteiger partial charge < -0.3 is 35.6 Å². The van der Waals surface area contributed by atoms with Gasteiger partial charge in [0, 0.05) is 43.3 Å². The van der Waals surface area contributed by atoms with Crippen LogP contribution in [0.2, 0.25) is 0 Å². The molecule has 4 rings (SSSR count). The normalized spacial score (nSPS) is 27.4. The van der Waals surface area contributed by atoms with Gasteiger partial charge in [-0.2, -0.15) is 0 Å². The Kier molecular flexibility index (Phi) is 6.40. The topological polar surface area (TPSA) is 111 Å². The van der Waals surface area contributed by atoms with Crippen molar-refractivity contribution in [1.82, 2.24) is 15.6 Å². The molecule has 2 aliphatic rings. The average molecular weight is 417 g/mol. The van der Waals surface area contributed by atoms with Crippen LogP contribution >= 0.6 is 0 Å². The molecule has 8 heteroatoms. The number of hydrogen-bond donors (Lipinski definition) is 4. The molecule has 0 saturated carbocycles. The molecule has 5 N–H and O–H groups in total. The van der Waals surface area contributed by atoms with Crippen LogP contribution in [0.5, 0.6) is 0 Å². The van der Waals surface area contributed by atoms with Crippen molar-refractivity contribution < 1.29 is 19.0 Å². The number of fused-ring (bicyclic) bond motifs is 2. The maximum absolute atomic E-state index is 12.6. The van der Waals surface area contributed by atoms with Gasteiger partial charge in [0.1, 0.15) is 12.2 Å². The van der Waals surface area contributed by atoms with E-state index in [4.69, 9.17) is 19.9 Å². The van der Waals surface area contributed by atoms with Crippen LogP contribution < -0.4 is 16.4 Å². The molecule has 2 fully saturated rings. The Morgan fingerprint density at radius 1 is 1.17 bits per heavy atom. The minimum absolute atomic E-state index is 0.0394. The van der Waals surface area contributed by atoms with Gasteiger partial charge in [0.25, 0.3) is 0 Å². The van der Waals surface area contributed by atoms with E-state index in [1.807, 2.05) is 32.2 Å². The van der Waals surface area contributed by atoms with Crippen LogP contribution in [0, 0.1) is 0 Å². The molecule has 164 valence electrons. The molecule has 1 amide bonds. The van der Waals surface area contributed by atoms with Crippen molar-refractivity contribution in [2.75, 3.05) is 26.2 Å². The number of rotatable bonds is 9. The highest BCUT2D eigenvalue weighted by Crippen LogP contribution is 2.39. The fourth-order valence-corrected chi connectivity index (χ4v) is 4.38. The maximum Gasteiger partial charge on any atom is 0.222 e. The molecule has 0 unspecified atom stereocenters. The zero-order chi connectivity index (χ0) is 21.1. The number of carbonyl (C=O) groups is 1. The van der Waals surface area contributed by atoms with Crippen molar-refractivity contribution >= 4 is 16.8 Å². The van der Waals surface area contributed by atoms with E-state index in [-0.39, 0.29) is 36.7 Å². The highest BCUT2D eigenvalue weighted by atomic mass is 16.8. The number of nitrogens with two attached hydrogens (primary N) is 1. The number of nitrogens with one attached hydrogen (secondary N) is 3. The zero-order valence-corrected chi connectivity index (χ0v) is 17.6. The fraction of sp³-hybridized carbons (Fsp3) is 0.591. The third-order valence-corrected chi connectivity index (χ3v) is 5.69. The summed E-state index contributed by atoms with van der Waals surface area (Å²) in [5.74, 6) is -0.711. The molecular formula is C22H32N4O4. The molecule has 1 aromatic carbocycles. The van der Waals surface area contributed by atoms with E-state index in [0.717, 1.165) is 11.9 Å². The molecule has 1 aromatic heterocycles. The van der Waals surface area contributed by atoms with Gasteiger partial charge in [-0.3, -0.25) is 4.79 Å². The molecule has 8 nitrogen and oxygen atoms in total. The number of benzene rings is 1. The number of H-pyrrole nitrogens is 1. The van der Waals surface area contributed by atoms with Gasteiger partial charge in [0.15, 0.2) is 5.79 Å². The zero-order valence-electron chi connectivity index (χ0n) is 17.6. The van der Waals surface area contributed by atoms with E-state index < -0.39 is 5.79 Å². The monoisotopic (exact) mass is 416 g/mol. The predicted molar refractivity (Wildman–Crippen MR) is 114 cm³/mol. The second-order valence-electron chi connectivity index (χ2n) is 8.43. The van der Waals surface area contributed by atoms with Gasteiger partial charge in [-0.1, -0.05) is 18.2 Å². The largest absolute Gasteiger partial charge is 0.367 e. The van der Waals surface area contributed by atoms with E-state index in [9.17, 15) is 4.79 Å². The van der Waals surface area contributed by atoms with Crippen molar-refractivity contribution in [2.45, 2.75) is 56.9 Å². The van der Waals surface area contributed by atoms with Gasteiger partial charge in [-0.25, -0.2) is 0 Å². The molecule has 3 heterocycles. The van der Waals surface area contributed by atoms with Crippen LogP contribution in [-0.2, 0) is 25.4 Å². The third-order valence-electron chi connectivity index (χ3n) is 5.69. The van der Waals surface area contributed by atoms with Crippen LogP contribution in [-0.4, -0.2) is 67.3 Å². The maximum atomic E-state index is 12.6. The SMILES string of the molecule is CC1(C)O[C@@H]2[C@H](O1)[C@H](CNCCN)O[C@@H]2CC(=O)NCCc1c[nH]c2ccccc12. The predicted octanol–water partition coefficient (Wildman–Crippen LogP) is 1.05. The first-order valence-corrected chi connectivity index (χ1v) is 10.7. The van der Waals surface area contributed by atoms with Crippen molar-refractivity contribution in [3.05, 3.63) is 36.0 Å².